The van der Waals surface area contributed by atoms with Gasteiger partial charge in [0.05, 0.1) is 5.38 Å². The third-order valence-electron chi connectivity index (χ3n) is 2.83. The summed E-state index contributed by atoms with van der Waals surface area (Å²) >= 11 is 6.07. The first-order chi connectivity index (χ1) is 6.77. The van der Waals surface area contributed by atoms with Crippen molar-refractivity contribution in [2.24, 2.45) is 5.92 Å². The molecule has 14 heavy (non-hydrogen) atoms. The molecule has 1 aliphatic carbocycles. The SMILES string of the molecule is O=C(NCC(Cl)C1CC1)C1CCCO1. The second-order valence-corrected chi connectivity index (χ2v) is 4.66. The minimum Gasteiger partial charge on any atom is -0.368 e. The van der Waals surface area contributed by atoms with E-state index in [1.165, 1.54) is 12.8 Å². The summed E-state index contributed by atoms with van der Waals surface area (Å²) in [5.41, 5.74) is 0. The van der Waals surface area contributed by atoms with Crippen LogP contribution in [0.25, 0.3) is 0 Å². The number of amides is 1. The minimum atomic E-state index is -0.224. The zero-order chi connectivity index (χ0) is 9.97. The minimum absolute atomic E-state index is 0.00815. The van der Waals surface area contributed by atoms with Crippen LogP contribution in [0.4, 0.5) is 0 Å². The molecule has 2 aliphatic rings. The van der Waals surface area contributed by atoms with Gasteiger partial charge in [0, 0.05) is 13.2 Å². The zero-order valence-electron chi connectivity index (χ0n) is 8.17. The van der Waals surface area contributed by atoms with E-state index >= 15 is 0 Å². The molecular formula is C10H16ClNO2. The van der Waals surface area contributed by atoms with Gasteiger partial charge in [-0.3, -0.25) is 4.79 Å². The molecule has 2 atom stereocenters. The molecule has 1 amide bonds. The van der Waals surface area contributed by atoms with Crippen molar-refractivity contribution in [1.29, 1.82) is 0 Å². The summed E-state index contributed by atoms with van der Waals surface area (Å²) in [4.78, 5) is 11.5. The van der Waals surface area contributed by atoms with Crippen molar-refractivity contribution >= 4 is 17.5 Å². The van der Waals surface area contributed by atoms with Gasteiger partial charge >= 0.3 is 0 Å². The molecule has 1 aliphatic heterocycles. The van der Waals surface area contributed by atoms with Crippen LogP contribution in [0.5, 0.6) is 0 Å². The van der Waals surface area contributed by atoms with Crippen molar-refractivity contribution in [3.63, 3.8) is 0 Å². The Kier molecular flexibility index (Phi) is 3.29. The van der Waals surface area contributed by atoms with E-state index in [-0.39, 0.29) is 17.4 Å². The van der Waals surface area contributed by atoms with Crippen molar-refractivity contribution in [1.82, 2.24) is 5.32 Å². The number of hydrogen-bond donors (Lipinski definition) is 1. The summed E-state index contributed by atoms with van der Waals surface area (Å²) in [6.07, 6.45) is 4.04. The van der Waals surface area contributed by atoms with Gasteiger partial charge in [0.25, 0.3) is 0 Å². The number of ether oxygens (including phenoxy) is 1. The van der Waals surface area contributed by atoms with Crippen LogP contribution in [0.1, 0.15) is 25.7 Å². The molecular weight excluding hydrogens is 202 g/mol. The quantitative estimate of drug-likeness (QED) is 0.721. The fourth-order valence-electron chi connectivity index (χ4n) is 1.72. The van der Waals surface area contributed by atoms with Gasteiger partial charge in [-0.1, -0.05) is 0 Å². The molecule has 2 unspecified atom stereocenters. The normalized spacial score (nSPS) is 28.8. The van der Waals surface area contributed by atoms with E-state index < -0.39 is 0 Å². The Morgan fingerprint density at radius 2 is 2.29 bits per heavy atom. The lowest BCUT2D eigenvalue weighted by molar-refractivity contribution is -0.130. The standard InChI is InChI=1S/C10H16ClNO2/c11-8(7-3-4-7)6-12-10(13)9-2-1-5-14-9/h7-9H,1-6H2,(H,12,13). The molecule has 80 valence electrons. The second kappa shape index (κ2) is 4.49. The Morgan fingerprint density at radius 1 is 1.50 bits per heavy atom. The number of alkyl halides is 1. The maximum absolute atomic E-state index is 11.5. The molecule has 0 aromatic rings. The van der Waals surface area contributed by atoms with Crippen LogP contribution in [0, 0.1) is 5.92 Å². The van der Waals surface area contributed by atoms with E-state index in [2.05, 4.69) is 5.32 Å². The van der Waals surface area contributed by atoms with E-state index in [0.717, 1.165) is 12.8 Å². The maximum Gasteiger partial charge on any atom is 0.249 e. The van der Waals surface area contributed by atoms with Crippen LogP contribution in [0.2, 0.25) is 0 Å². The summed E-state index contributed by atoms with van der Waals surface area (Å²) in [6.45, 7) is 1.30. The van der Waals surface area contributed by atoms with Crippen LogP contribution >= 0.6 is 11.6 Å². The first-order valence-corrected chi connectivity index (χ1v) is 5.74. The van der Waals surface area contributed by atoms with Crippen molar-refractivity contribution < 1.29 is 9.53 Å². The average Bonchev–Trinajstić information content (AvgIpc) is 2.90. The van der Waals surface area contributed by atoms with Gasteiger partial charge in [0.1, 0.15) is 6.10 Å². The molecule has 1 heterocycles. The largest absolute Gasteiger partial charge is 0.368 e. The Hall–Kier alpha value is -0.280. The molecule has 2 rings (SSSR count). The third kappa shape index (κ3) is 2.61. The summed E-state index contributed by atoms with van der Waals surface area (Å²) in [5, 5.41) is 2.96. The number of carbonyl (C=O) groups excluding carboxylic acids is 1. The van der Waals surface area contributed by atoms with Crippen molar-refractivity contribution in [2.45, 2.75) is 37.2 Å². The Morgan fingerprint density at radius 3 is 2.86 bits per heavy atom. The zero-order valence-corrected chi connectivity index (χ0v) is 8.93. The molecule has 3 nitrogen and oxygen atoms in total. The molecule has 4 heteroatoms. The first kappa shape index (κ1) is 10.2. The van der Waals surface area contributed by atoms with Crippen molar-refractivity contribution in [2.75, 3.05) is 13.2 Å². The highest BCUT2D eigenvalue weighted by Crippen LogP contribution is 2.35. The molecule has 1 saturated heterocycles. The average molecular weight is 218 g/mol. The van der Waals surface area contributed by atoms with Crippen molar-refractivity contribution in [3.8, 4) is 0 Å². The summed E-state index contributed by atoms with van der Waals surface area (Å²) in [6, 6.07) is 0. The topological polar surface area (TPSA) is 38.3 Å². The molecule has 0 bridgehead atoms. The van der Waals surface area contributed by atoms with Gasteiger partial charge in [-0.05, 0) is 31.6 Å². The van der Waals surface area contributed by atoms with E-state index in [4.69, 9.17) is 16.3 Å². The maximum atomic E-state index is 11.5. The molecule has 0 radical (unpaired) electrons. The van der Waals surface area contributed by atoms with E-state index in [1.807, 2.05) is 0 Å². The summed E-state index contributed by atoms with van der Waals surface area (Å²) < 4.78 is 5.27. The Bertz CT molecular complexity index is 212. The predicted molar refractivity (Wildman–Crippen MR) is 54.3 cm³/mol. The predicted octanol–water partition coefficient (Wildman–Crippen LogP) is 1.30. The summed E-state index contributed by atoms with van der Waals surface area (Å²) in [7, 11) is 0. The summed E-state index contributed by atoms with van der Waals surface area (Å²) in [5.74, 6) is 0.635. The van der Waals surface area contributed by atoms with E-state index in [0.29, 0.717) is 19.1 Å². The number of rotatable bonds is 4. The smallest absolute Gasteiger partial charge is 0.249 e. The van der Waals surface area contributed by atoms with E-state index in [1.54, 1.807) is 0 Å². The van der Waals surface area contributed by atoms with Gasteiger partial charge in [-0.25, -0.2) is 0 Å². The van der Waals surface area contributed by atoms with Gasteiger partial charge in [-0.2, -0.15) is 0 Å². The molecule has 0 spiro atoms. The van der Waals surface area contributed by atoms with Crippen LogP contribution in [-0.2, 0) is 9.53 Å². The fourth-order valence-corrected chi connectivity index (χ4v) is 2.05. The molecule has 1 saturated carbocycles. The monoisotopic (exact) mass is 217 g/mol. The number of carbonyl (C=O) groups is 1. The lowest BCUT2D eigenvalue weighted by atomic mass is 10.2. The van der Waals surface area contributed by atoms with Crippen LogP contribution in [-0.4, -0.2) is 30.5 Å². The van der Waals surface area contributed by atoms with Gasteiger partial charge in [0.2, 0.25) is 5.91 Å². The Balaban J connectivity index is 1.66. The number of halogens is 1. The van der Waals surface area contributed by atoms with E-state index in [9.17, 15) is 4.79 Å². The van der Waals surface area contributed by atoms with Crippen LogP contribution in [0.3, 0.4) is 0 Å². The third-order valence-corrected chi connectivity index (χ3v) is 3.34. The molecule has 1 N–H and O–H groups in total. The fraction of sp³-hybridized carbons (Fsp3) is 0.900. The van der Waals surface area contributed by atoms with Crippen LogP contribution < -0.4 is 5.32 Å². The molecule has 0 aromatic heterocycles. The molecule has 0 aromatic carbocycles. The molecule has 2 fully saturated rings. The Labute approximate surface area is 89.1 Å². The number of nitrogens with one attached hydrogen (secondary N) is 1. The highest BCUT2D eigenvalue weighted by molar-refractivity contribution is 6.21. The highest BCUT2D eigenvalue weighted by atomic mass is 35.5. The lowest BCUT2D eigenvalue weighted by Gasteiger charge is -2.12. The van der Waals surface area contributed by atoms with Crippen LogP contribution in [0.15, 0.2) is 0 Å². The van der Waals surface area contributed by atoms with Gasteiger partial charge < -0.3 is 10.1 Å². The van der Waals surface area contributed by atoms with Crippen molar-refractivity contribution in [3.05, 3.63) is 0 Å². The highest BCUT2D eigenvalue weighted by Gasteiger charge is 2.31. The van der Waals surface area contributed by atoms with Gasteiger partial charge in [-0.15, -0.1) is 11.6 Å². The second-order valence-electron chi connectivity index (χ2n) is 4.10. The lowest BCUT2D eigenvalue weighted by Crippen LogP contribution is -2.37. The first-order valence-electron chi connectivity index (χ1n) is 5.31. The van der Waals surface area contributed by atoms with Gasteiger partial charge in [0.15, 0.2) is 0 Å². The number of hydrogen-bond acceptors (Lipinski definition) is 2.